The lowest BCUT2D eigenvalue weighted by Gasteiger charge is -2.30. The molecule has 1 aliphatic rings. The maximum atomic E-state index is 13.4. The van der Waals surface area contributed by atoms with Crippen molar-refractivity contribution in [3.05, 3.63) is 70.0 Å². The Morgan fingerprint density at radius 1 is 1.14 bits per heavy atom. The van der Waals surface area contributed by atoms with E-state index in [-0.39, 0.29) is 16.4 Å². The first-order valence-corrected chi connectivity index (χ1v) is 7.32. The average Bonchev–Trinajstić information content (AvgIpc) is 2.41. The van der Waals surface area contributed by atoms with E-state index in [1.165, 1.54) is 24.6 Å². The van der Waals surface area contributed by atoms with E-state index in [1.807, 2.05) is 18.2 Å². The van der Waals surface area contributed by atoms with E-state index in [4.69, 9.17) is 11.6 Å². The monoisotopic (exact) mass is 303 g/mol. The molecule has 1 saturated heterocycles. The third kappa shape index (κ3) is 3.31. The molecule has 0 bridgehead atoms. The number of rotatable bonds is 4. The van der Waals surface area contributed by atoms with Gasteiger partial charge in [0, 0.05) is 22.7 Å². The van der Waals surface area contributed by atoms with E-state index in [9.17, 15) is 9.18 Å². The molecule has 1 aliphatic heterocycles. The third-order valence-corrected chi connectivity index (χ3v) is 3.89. The van der Waals surface area contributed by atoms with Gasteiger partial charge in [0.15, 0.2) is 5.78 Å². The van der Waals surface area contributed by atoms with Crippen molar-refractivity contribution in [2.75, 3.05) is 13.1 Å². The Hall–Kier alpha value is -1.71. The maximum absolute atomic E-state index is 13.4. The van der Waals surface area contributed by atoms with Gasteiger partial charge in [0.25, 0.3) is 0 Å². The predicted octanol–water partition coefficient (Wildman–Crippen LogP) is 3.92. The summed E-state index contributed by atoms with van der Waals surface area (Å²) in [6.07, 6.45) is 1.24. The lowest BCUT2D eigenvalue weighted by atomic mass is 10.0. The van der Waals surface area contributed by atoms with Crippen LogP contribution in [0.3, 0.4) is 0 Å². The molecular weight excluding hydrogens is 289 g/mol. The predicted molar refractivity (Wildman–Crippen MR) is 81.2 cm³/mol. The molecule has 0 unspecified atom stereocenters. The second-order valence-electron chi connectivity index (χ2n) is 5.32. The fraction of sp³-hybridized carbons (Fsp3) is 0.235. The molecule has 2 nitrogen and oxygen atoms in total. The van der Waals surface area contributed by atoms with Gasteiger partial charge >= 0.3 is 0 Å². The van der Waals surface area contributed by atoms with Gasteiger partial charge in [-0.25, -0.2) is 4.39 Å². The topological polar surface area (TPSA) is 20.3 Å². The summed E-state index contributed by atoms with van der Waals surface area (Å²) < 4.78 is 13.4. The van der Waals surface area contributed by atoms with Gasteiger partial charge in [0.05, 0.1) is 0 Å². The van der Waals surface area contributed by atoms with E-state index < -0.39 is 5.82 Å². The van der Waals surface area contributed by atoms with Crippen molar-refractivity contribution in [1.82, 2.24) is 4.90 Å². The summed E-state index contributed by atoms with van der Waals surface area (Å²) in [7, 11) is 0. The first-order chi connectivity index (χ1) is 10.1. The fourth-order valence-corrected chi connectivity index (χ4v) is 2.68. The molecule has 0 radical (unpaired) electrons. The minimum absolute atomic E-state index is 0.207. The number of likely N-dealkylation sites (tertiary alicyclic amines) is 1. The number of hydrogen-bond donors (Lipinski definition) is 0. The number of nitrogens with zero attached hydrogens (tertiary/aromatic N) is 1. The maximum Gasteiger partial charge on any atom is 0.193 e. The lowest BCUT2D eigenvalue weighted by molar-refractivity contribution is 0.103. The van der Waals surface area contributed by atoms with Crippen LogP contribution in [0.2, 0.25) is 5.02 Å². The summed E-state index contributed by atoms with van der Waals surface area (Å²) in [5.74, 6) is -0.704. The molecule has 21 heavy (non-hydrogen) atoms. The molecule has 2 aromatic carbocycles. The van der Waals surface area contributed by atoms with Gasteiger partial charge in [-0.1, -0.05) is 29.8 Å². The second kappa shape index (κ2) is 5.96. The van der Waals surface area contributed by atoms with E-state index in [1.54, 1.807) is 6.07 Å². The Morgan fingerprint density at radius 2 is 1.95 bits per heavy atom. The average molecular weight is 304 g/mol. The van der Waals surface area contributed by atoms with Crippen LogP contribution in [0.4, 0.5) is 4.39 Å². The Morgan fingerprint density at radius 3 is 2.62 bits per heavy atom. The summed E-state index contributed by atoms with van der Waals surface area (Å²) in [6, 6.07) is 11.4. The van der Waals surface area contributed by atoms with Crippen LogP contribution < -0.4 is 0 Å². The molecule has 4 heteroatoms. The van der Waals surface area contributed by atoms with Gasteiger partial charge in [0.1, 0.15) is 5.82 Å². The Kier molecular flexibility index (Phi) is 4.04. The summed E-state index contributed by atoms with van der Waals surface area (Å²) in [5, 5.41) is 0.232. The zero-order chi connectivity index (χ0) is 14.8. The van der Waals surface area contributed by atoms with Crippen molar-refractivity contribution in [1.29, 1.82) is 0 Å². The van der Waals surface area contributed by atoms with Crippen molar-refractivity contribution < 1.29 is 9.18 Å². The van der Waals surface area contributed by atoms with Crippen LogP contribution in [-0.2, 0) is 6.54 Å². The van der Waals surface area contributed by atoms with Gasteiger partial charge in [-0.2, -0.15) is 0 Å². The molecule has 0 aromatic heterocycles. The number of ketones is 1. The number of carbonyl (C=O) groups is 1. The zero-order valence-corrected chi connectivity index (χ0v) is 12.2. The van der Waals surface area contributed by atoms with Crippen LogP contribution in [0, 0.1) is 5.82 Å². The van der Waals surface area contributed by atoms with Crippen LogP contribution in [0.5, 0.6) is 0 Å². The first-order valence-electron chi connectivity index (χ1n) is 6.94. The molecule has 1 heterocycles. The minimum Gasteiger partial charge on any atom is -0.299 e. The number of carbonyl (C=O) groups excluding carboxylic acids is 1. The smallest absolute Gasteiger partial charge is 0.193 e. The standard InChI is InChI=1S/C17H15ClFNO/c18-15-8-14(9-16(19)10-15)17(21)13-4-1-3-12(7-13)11-20-5-2-6-20/h1,3-4,7-10H,2,5-6,11H2. The number of hydrogen-bond acceptors (Lipinski definition) is 2. The second-order valence-corrected chi connectivity index (χ2v) is 5.75. The molecular formula is C17H15ClFNO. The Balaban J connectivity index is 1.84. The van der Waals surface area contributed by atoms with Crippen molar-refractivity contribution in [2.24, 2.45) is 0 Å². The Bertz CT molecular complexity index is 662. The van der Waals surface area contributed by atoms with Gasteiger partial charge in [-0.05, 0) is 49.3 Å². The quantitative estimate of drug-likeness (QED) is 0.798. The van der Waals surface area contributed by atoms with Crippen molar-refractivity contribution in [2.45, 2.75) is 13.0 Å². The van der Waals surface area contributed by atoms with Crippen molar-refractivity contribution in [3.63, 3.8) is 0 Å². The van der Waals surface area contributed by atoms with E-state index >= 15 is 0 Å². The van der Waals surface area contributed by atoms with E-state index in [0.29, 0.717) is 5.56 Å². The molecule has 0 saturated carbocycles. The molecule has 0 amide bonds. The third-order valence-electron chi connectivity index (χ3n) is 3.67. The molecule has 0 N–H and O–H groups in total. The van der Waals surface area contributed by atoms with Crippen LogP contribution >= 0.6 is 11.6 Å². The van der Waals surface area contributed by atoms with Crippen LogP contribution in [-0.4, -0.2) is 23.8 Å². The number of halogens is 2. The molecule has 3 rings (SSSR count). The van der Waals surface area contributed by atoms with Gasteiger partial charge in [-0.15, -0.1) is 0 Å². The molecule has 0 aliphatic carbocycles. The highest BCUT2D eigenvalue weighted by Crippen LogP contribution is 2.19. The van der Waals surface area contributed by atoms with Crippen LogP contribution in [0.15, 0.2) is 42.5 Å². The van der Waals surface area contributed by atoms with Crippen LogP contribution in [0.1, 0.15) is 27.9 Å². The van der Waals surface area contributed by atoms with Gasteiger partial charge in [0.2, 0.25) is 0 Å². The summed E-state index contributed by atoms with van der Waals surface area (Å²) in [5.41, 5.74) is 1.94. The normalized spacial score (nSPS) is 14.8. The highest BCUT2D eigenvalue weighted by atomic mass is 35.5. The number of benzene rings is 2. The van der Waals surface area contributed by atoms with Crippen molar-refractivity contribution >= 4 is 17.4 Å². The van der Waals surface area contributed by atoms with Crippen LogP contribution in [0.25, 0.3) is 0 Å². The summed E-state index contributed by atoms with van der Waals surface area (Å²) in [4.78, 5) is 14.8. The highest BCUT2D eigenvalue weighted by molar-refractivity contribution is 6.31. The largest absolute Gasteiger partial charge is 0.299 e. The Labute approximate surface area is 128 Å². The van der Waals surface area contributed by atoms with Gasteiger partial charge < -0.3 is 0 Å². The molecule has 0 spiro atoms. The summed E-state index contributed by atoms with van der Waals surface area (Å²) in [6.45, 7) is 3.07. The molecule has 108 valence electrons. The van der Waals surface area contributed by atoms with E-state index in [0.717, 1.165) is 25.2 Å². The summed E-state index contributed by atoms with van der Waals surface area (Å²) >= 11 is 5.81. The molecule has 0 atom stereocenters. The van der Waals surface area contributed by atoms with Gasteiger partial charge in [-0.3, -0.25) is 9.69 Å². The van der Waals surface area contributed by atoms with E-state index in [2.05, 4.69) is 4.90 Å². The van der Waals surface area contributed by atoms with Crippen molar-refractivity contribution in [3.8, 4) is 0 Å². The zero-order valence-electron chi connectivity index (χ0n) is 11.5. The SMILES string of the molecule is O=C(c1cc(F)cc(Cl)c1)c1cccc(CN2CCC2)c1. The molecule has 2 aromatic rings. The fourth-order valence-electron chi connectivity index (χ4n) is 2.46. The lowest BCUT2D eigenvalue weighted by Crippen LogP contribution is -2.36. The highest BCUT2D eigenvalue weighted by Gasteiger charge is 2.15. The molecule has 1 fully saturated rings. The first kappa shape index (κ1) is 14.2. The minimum atomic E-state index is -0.498.